The average molecular weight is 318 g/mol. The van der Waals surface area contributed by atoms with Crippen molar-refractivity contribution in [1.29, 1.82) is 5.41 Å². The van der Waals surface area contributed by atoms with Crippen molar-refractivity contribution in [2.24, 2.45) is 5.73 Å². The molecule has 6 heteroatoms. The number of carbonyl (C=O) groups excluding carboxylic acids is 1. The highest BCUT2D eigenvalue weighted by Gasteiger charge is 2.28. The van der Waals surface area contributed by atoms with E-state index in [1.807, 2.05) is 18.2 Å². The molecule has 0 aliphatic rings. The second-order valence-corrected chi connectivity index (χ2v) is 6.31. The van der Waals surface area contributed by atoms with E-state index in [0.29, 0.717) is 11.5 Å². The van der Waals surface area contributed by atoms with Gasteiger partial charge in [0.1, 0.15) is 23.1 Å². The van der Waals surface area contributed by atoms with Crippen LogP contribution in [0.25, 0.3) is 10.1 Å². The number of benzene rings is 1. The van der Waals surface area contributed by atoms with Gasteiger partial charge < -0.3 is 15.2 Å². The number of carbonyl (C=O) groups is 1. The lowest BCUT2D eigenvalue weighted by atomic mass is 10.1. The smallest absolute Gasteiger partial charge is 0.349 e. The first kappa shape index (κ1) is 16.0. The van der Waals surface area contributed by atoms with Crippen molar-refractivity contribution in [1.82, 2.24) is 0 Å². The lowest BCUT2D eigenvalue weighted by molar-refractivity contribution is 0.0234. The molecule has 0 bridgehead atoms. The highest BCUT2D eigenvalue weighted by atomic mass is 32.1. The number of rotatable bonds is 6. The fourth-order valence-corrected chi connectivity index (χ4v) is 2.66. The average Bonchev–Trinajstić information content (AvgIpc) is 2.87. The van der Waals surface area contributed by atoms with Gasteiger partial charge in [0.15, 0.2) is 5.60 Å². The maximum absolute atomic E-state index is 12.2. The molecule has 2 aromatic rings. The van der Waals surface area contributed by atoms with Crippen LogP contribution in [0.15, 0.2) is 36.9 Å². The number of hydrogen-bond acceptors (Lipinski definition) is 5. The molecule has 3 N–H and O–H groups in total. The zero-order valence-corrected chi connectivity index (χ0v) is 13.3. The standard InChI is InChI=1S/C16H18N2O3S/c1-4-7-20-11-6-5-10-8-13(22-12(10)9-11)14(19)21-16(2,3)15(17)18/h4-6,8-9H,1,7H2,2-3H3,(H3,17,18). The van der Waals surface area contributed by atoms with E-state index in [9.17, 15) is 4.79 Å². The molecule has 0 spiro atoms. The lowest BCUT2D eigenvalue weighted by Crippen LogP contribution is -2.41. The Hall–Kier alpha value is -2.34. The molecule has 0 atom stereocenters. The van der Waals surface area contributed by atoms with E-state index in [0.717, 1.165) is 15.8 Å². The maximum atomic E-state index is 12.2. The largest absolute Gasteiger partial charge is 0.490 e. The first-order chi connectivity index (χ1) is 10.3. The van der Waals surface area contributed by atoms with Crippen molar-refractivity contribution >= 4 is 33.2 Å². The van der Waals surface area contributed by atoms with Gasteiger partial charge in [-0.1, -0.05) is 12.7 Å². The summed E-state index contributed by atoms with van der Waals surface area (Å²) in [5, 5.41) is 8.37. The second kappa shape index (κ2) is 6.19. The first-order valence-corrected chi connectivity index (χ1v) is 7.50. The predicted octanol–water partition coefficient (Wildman–Crippen LogP) is 3.34. The highest BCUT2D eigenvalue weighted by Crippen LogP contribution is 2.30. The number of nitrogens with one attached hydrogen (secondary N) is 1. The number of hydrogen-bond donors (Lipinski definition) is 2. The van der Waals surface area contributed by atoms with Crippen LogP contribution in [-0.4, -0.2) is 24.0 Å². The van der Waals surface area contributed by atoms with E-state index in [2.05, 4.69) is 6.58 Å². The van der Waals surface area contributed by atoms with Crippen LogP contribution in [0, 0.1) is 5.41 Å². The van der Waals surface area contributed by atoms with Crippen LogP contribution in [0.2, 0.25) is 0 Å². The van der Waals surface area contributed by atoms with Crippen LogP contribution >= 0.6 is 11.3 Å². The summed E-state index contributed by atoms with van der Waals surface area (Å²) in [6.07, 6.45) is 1.67. The molecular weight excluding hydrogens is 300 g/mol. The van der Waals surface area contributed by atoms with Gasteiger partial charge in [-0.3, -0.25) is 5.41 Å². The minimum atomic E-state index is -1.12. The van der Waals surface area contributed by atoms with Gasteiger partial charge >= 0.3 is 5.97 Å². The summed E-state index contributed by atoms with van der Waals surface area (Å²) in [6, 6.07) is 7.36. The van der Waals surface area contributed by atoms with Crippen LogP contribution in [0.3, 0.4) is 0 Å². The number of thiophene rings is 1. The number of esters is 1. The summed E-state index contributed by atoms with van der Waals surface area (Å²) in [5.41, 5.74) is 4.30. The molecule has 0 aliphatic heterocycles. The molecule has 0 radical (unpaired) electrons. The van der Waals surface area contributed by atoms with E-state index in [1.165, 1.54) is 11.3 Å². The molecule has 0 saturated heterocycles. The normalized spacial score (nSPS) is 11.2. The number of amidine groups is 1. The van der Waals surface area contributed by atoms with Crippen molar-refractivity contribution in [2.75, 3.05) is 6.61 Å². The molecule has 1 aromatic heterocycles. The van der Waals surface area contributed by atoms with Gasteiger partial charge in [-0.25, -0.2) is 4.79 Å². The van der Waals surface area contributed by atoms with Crippen LogP contribution in [0.4, 0.5) is 0 Å². The van der Waals surface area contributed by atoms with Crippen LogP contribution in [0.5, 0.6) is 5.75 Å². The minimum Gasteiger partial charge on any atom is -0.490 e. The molecule has 2 rings (SSSR count). The molecule has 5 nitrogen and oxygen atoms in total. The van der Waals surface area contributed by atoms with Crippen molar-refractivity contribution < 1.29 is 14.3 Å². The third-order valence-corrected chi connectivity index (χ3v) is 4.13. The van der Waals surface area contributed by atoms with E-state index in [-0.39, 0.29) is 5.84 Å². The van der Waals surface area contributed by atoms with Gasteiger partial charge in [-0.2, -0.15) is 0 Å². The van der Waals surface area contributed by atoms with Gasteiger partial charge in [0, 0.05) is 4.70 Å². The summed E-state index contributed by atoms with van der Waals surface area (Å²) in [7, 11) is 0. The van der Waals surface area contributed by atoms with Crippen molar-refractivity contribution in [3.8, 4) is 5.75 Å². The Balaban J connectivity index is 2.23. The van der Waals surface area contributed by atoms with E-state index < -0.39 is 11.6 Å². The van der Waals surface area contributed by atoms with E-state index in [1.54, 1.807) is 26.0 Å². The molecular formula is C16H18N2O3S. The predicted molar refractivity (Wildman–Crippen MR) is 88.9 cm³/mol. The molecule has 0 fully saturated rings. The summed E-state index contributed by atoms with van der Waals surface area (Å²) >= 11 is 1.31. The zero-order chi connectivity index (χ0) is 16.3. The monoisotopic (exact) mass is 318 g/mol. The molecule has 1 aromatic carbocycles. The fourth-order valence-electron chi connectivity index (χ4n) is 1.69. The molecule has 0 aliphatic carbocycles. The third kappa shape index (κ3) is 3.46. The van der Waals surface area contributed by atoms with Crippen molar-refractivity contribution in [3.05, 3.63) is 41.8 Å². The molecule has 0 amide bonds. The van der Waals surface area contributed by atoms with Gasteiger partial charge in [-0.15, -0.1) is 11.3 Å². The lowest BCUT2D eigenvalue weighted by Gasteiger charge is -2.22. The number of nitrogens with two attached hydrogens (primary N) is 1. The Bertz CT molecular complexity index is 734. The van der Waals surface area contributed by atoms with Gasteiger partial charge in [0.25, 0.3) is 0 Å². The highest BCUT2D eigenvalue weighted by molar-refractivity contribution is 7.20. The number of ether oxygens (including phenoxy) is 2. The van der Waals surface area contributed by atoms with Crippen molar-refractivity contribution in [2.45, 2.75) is 19.4 Å². The van der Waals surface area contributed by atoms with Gasteiger partial charge in [-0.05, 0) is 43.5 Å². The Morgan fingerprint density at radius 2 is 2.18 bits per heavy atom. The SMILES string of the molecule is C=CCOc1ccc2cc(C(=O)OC(C)(C)C(=N)N)sc2c1. The Kier molecular flexibility index (Phi) is 4.51. The Labute approximate surface area is 132 Å². The fraction of sp³-hybridized carbons (Fsp3) is 0.250. The summed E-state index contributed by atoms with van der Waals surface area (Å²) in [4.78, 5) is 12.6. The summed E-state index contributed by atoms with van der Waals surface area (Å²) in [5.74, 6) is 0.0373. The summed E-state index contributed by atoms with van der Waals surface area (Å²) in [6.45, 7) is 7.20. The van der Waals surface area contributed by atoms with Crippen LogP contribution in [0.1, 0.15) is 23.5 Å². The maximum Gasteiger partial charge on any atom is 0.349 e. The van der Waals surface area contributed by atoms with Crippen LogP contribution in [-0.2, 0) is 4.74 Å². The van der Waals surface area contributed by atoms with E-state index >= 15 is 0 Å². The van der Waals surface area contributed by atoms with Crippen molar-refractivity contribution in [3.63, 3.8) is 0 Å². The molecule has 1 heterocycles. The van der Waals surface area contributed by atoms with Crippen LogP contribution < -0.4 is 10.5 Å². The minimum absolute atomic E-state index is 0.193. The molecule has 116 valence electrons. The third-order valence-electron chi connectivity index (χ3n) is 3.06. The molecule has 22 heavy (non-hydrogen) atoms. The van der Waals surface area contributed by atoms with Gasteiger partial charge in [0.2, 0.25) is 0 Å². The summed E-state index contributed by atoms with van der Waals surface area (Å²) < 4.78 is 11.7. The first-order valence-electron chi connectivity index (χ1n) is 6.68. The topological polar surface area (TPSA) is 85.4 Å². The molecule has 0 unspecified atom stereocenters. The quantitative estimate of drug-likeness (QED) is 0.370. The zero-order valence-electron chi connectivity index (χ0n) is 12.5. The Morgan fingerprint density at radius 1 is 1.45 bits per heavy atom. The second-order valence-electron chi connectivity index (χ2n) is 5.22. The van der Waals surface area contributed by atoms with E-state index in [4.69, 9.17) is 20.6 Å². The van der Waals surface area contributed by atoms with Gasteiger partial charge in [0.05, 0.1) is 0 Å². The molecule has 0 saturated carbocycles. The Morgan fingerprint density at radius 3 is 2.82 bits per heavy atom. The number of fused-ring (bicyclic) bond motifs is 1.